The van der Waals surface area contributed by atoms with E-state index >= 15 is 0 Å². The highest BCUT2D eigenvalue weighted by molar-refractivity contribution is 5.71. The van der Waals surface area contributed by atoms with Gasteiger partial charge in [-0.05, 0) is 135 Å². The number of hydrogen-bond acceptors (Lipinski definition) is 6. The Balaban J connectivity index is 4.54. The molecule has 0 N–H and O–H groups in total. The first-order valence-electron chi connectivity index (χ1n) is 27.7. The first kappa shape index (κ1) is 64.5. The number of rotatable bonds is 48. The van der Waals surface area contributed by atoms with Crippen molar-refractivity contribution in [2.75, 3.05) is 13.2 Å². The number of ether oxygens (including phenoxy) is 3. The lowest BCUT2D eigenvalue weighted by molar-refractivity contribution is -0.167. The van der Waals surface area contributed by atoms with Crippen LogP contribution in [0.1, 0.15) is 226 Å². The zero-order valence-corrected chi connectivity index (χ0v) is 44.3. The fourth-order valence-electron chi connectivity index (χ4n) is 7.02. The van der Waals surface area contributed by atoms with Gasteiger partial charge < -0.3 is 14.2 Å². The Labute approximate surface area is 424 Å². The van der Waals surface area contributed by atoms with Gasteiger partial charge in [-0.3, -0.25) is 14.4 Å². The molecule has 0 rings (SSSR count). The minimum atomic E-state index is -0.822. The Kier molecular flexibility index (Phi) is 52.5. The molecule has 0 aliphatic heterocycles. The summed E-state index contributed by atoms with van der Waals surface area (Å²) in [4.78, 5) is 38.1. The van der Waals surface area contributed by atoms with Crippen LogP contribution in [-0.4, -0.2) is 37.2 Å². The van der Waals surface area contributed by atoms with Crippen LogP contribution in [0, 0.1) is 0 Å². The van der Waals surface area contributed by atoms with E-state index < -0.39 is 6.10 Å². The minimum Gasteiger partial charge on any atom is -0.462 e. The zero-order valence-electron chi connectivity index (χ0n) is 44.3. The molecule has 0 fully saturated rings. The molecule has 0 aliphatic carbocycles. The van der Waals surface area contributed by atoms with E-state index in [-0.39, 0.29) is 37.5 Å². The van der Waals surface area contributed by atoms with E-state index in [0.717, 1.165) is 128 Å². The monoisotopic (exact) mass is 953 g/mol. The van der Waals surface area contributed by atoms with Crippen molar-refractivity contribution in [2.24, 2.45) is 0 Å². The summed E-state index contributed by atoms with van der Waals surface area (Å²) in [5, 5.41) is 0. The average molecular weight is 953 g/mol. The summed E-state index contributed by atoms with van der Waals surface area (Å²) in [5.41, 5.74) is 0. The van der Waals surface area contributed by atoms with E-state index in [1.165, 1.54) is 51.4 Å². The third kappa shape index (κ3) is 54.4. The minimum absolute atomic E-state index is 0.114. The van der Waals surface area contributed by atoms with Crippen LogP contribution in [-0.2, 0) is 28.6 Å². The van der Waals surface area contributed by atoms with E-state index in [1.54, 1.807) is 0 Å². The predicted molar refractivity (Wildman–Crippen MR) is 297 cm³/mol. The fraction of sp³-hybridized carbons (Fsp3) is 0.603. The number of esters is 3. The molecule has 0 saturated heterocycles. The van der Waals surface area contributed by atoms with Crippen LogP contribution in [0.4, 0.5) is 0 Å². The van der Waals surface area contributed by atoms with Crippen molar-refractivity contribution < 1.29 is 28.6 Å². The first-order chi connectivity index (χ1) is 34.0. The van der Waals surface area contributed by atoms with E-state index in [4.69, 9.17) is 14.2 Å². The Bertz CT molecular complexity index is 1510. The summed E-state index contributed by atoms with van der Waals surface area (Å²) in [6, 6.07) is 0. The van der Waals surface area contributed by atoms with Crippen LogP contribution in [0.5, 0.6) is 0 Å². The van der Waals surface area contributed by atoms with Crippen LogP contribution in [0.25, 0.3) is 0 Å². The maximum atomic E-state index is 12.8. The van der Waals surface area contributed by atoms with Crippen molar-refractivity contribution in [3.8, 4) is 0 Å². The Hall–Kier alpha value is -4.45. The molecule has 0 unspecified atom stereocenters. The molecule has 0 heterocycles. The van der Waals surface area contributed by atoms with Gasteiger partial charge in [0.15, 0.2) is 6.10 Å². The largest absolute Gasteiger partial charge is 0.462 e. The first-order valence-corrected chi connectivity index (χ1v) is 27.7. The molecule has 0 amide bonds. The number of carbonyl (C=O) groups excluding carboxylic acids is 3. The highest BCUT2D eigenvalue weighted by atomic mass is 16.6. The van der Waals surface area contributed by atoms with Gasteiger partial charge in [0, 0.05) is 19.3 Å². The molecule has 0 bridgehead atoms. The number of unbranched alkanes of at least 4 members (excludes halogenated alkanes) is 15. The van der Waals surface area contributed by atoms with Gasteiger partial charge in [0.2, 0.25) is 0 Å². The van der Waals surface area contributed by atoms with Crippen molar-refractivity contribution in [3.05, 3.63) is 134 Å². The molecular weight excluding hydrogens is 853 g/mol. The topological polar surface area (TPSA) is 78.9 Å². The lowest BCUT2D eigenvalue weighted by Crippen LogP contribution is -2.30. The molecule has 0 aromatic carbocycles. The van der Waals surface area contributed by atoms with Gasteiger partial charge in [0.1, 0.15) is 13.2 Å². The van der Waals surface area contributed by atoms with Gasteiger partial charge in [-0.2, -0.15) is 0 Å². The van der Waals surface area contributed by atoms with Gasteiger partial charge in [-0.15, -0.1) is 0 Å². The Morgan fingerprint density at radius 2 is 0.565 bits per heavy atom. The van der Waals surface area contributed by atoms with Crippen molar-refractivity contribution >= 4 is 17.9 Å². The summed E-state index contributed by atoms with van der Waals surface area (Å²) in [5.74, 6) is -1.00. The van der Waals surface area contributed by atoms with Gasteiger partial charge in [-0.25, -0.2) is 0 Å². The summed E-state index contributed by atoms with van der Waals surface area (Å²) >= 11 is 0. The molecular formula is C63H100O6. The van der Waals surface area contributed by atoms with Crippen LogP contribution in [0.3, 0.4) is 0 Å². The van der Waals surface area contributed by atoms with Crippen molar-refractivity contribution in [1.29, 1.82) is 0 Å². The average Bonchev–Trinajstić information content (AvgIpc) is 3.35. The van der Waals surface area contributed by atoms with E-state index in [9.17, 15) is 14.4 Å². The Morgan fingerprint density at radius 1 is 0.304 bits per heavy atom. The highest BCUT2D eigenvalue weighted by Gasteiger charge is 2.19. The van der Waals surface area contributed by atoms with Crippen LogP contribution in [0.15, 0.2) is 134 Å². The van der Waals surface area contributed by atoms with E-state index in [1.807, 2.05) is 0 Å². The molecule has 6 heteroatoms. The van der Waals surface area contributed by atoms with Crippen LogP contribution < -0.4 is 0 Å². The molecule has 0 spiro atoms. The molecule has 69 heavy (non-hydrogen) atoms. The molecule has 0 saturated carbocycles. The Morgan fingerprint density at radius 3 is 0.928 bits per heavy atom. The van der Waals surface area contributed by atoms with Crippen molar-refractivity contribution in [2.45, 2.75) is 232 Å². The summed E-state index contributed by atoms with van der Waals surface area (Å²) in [7, 11) is 0. The quantitative estimate of drug-likeness (QED) is 0.0262. The van der Waals surface area contributed by atoms with Gasteiger partial charge in [0.05, 0.1) is 0 Å². The van der Waals surface area contributed by atoms with E-state index in [0.29, 0.717) is 19.3 Å². The summed E-state index contributed by atoms with van der Waals surface area (Å²) < 4.78 is 16.8. The molecule has 6 nitrogen and oxygen atoms in total. The number of carbonyl (C=O) groups is 3. The smallest absolute Gasteiger partial charge is 0.306 e. The highest BCUT2D eigenvalue weighted by Crippen LogP contribution is 2.13. The second-order valence-corrected chi connectivity index (χ2v) is 17.7. The van der Waals surface area contributed by atoms with Crippen molar-refractivity contribution in [3.63, 3.8) is 0 Å². The second kappa shape index (κ2) is 56.1. The molecule has 1 atom stereocenters. The third-order valence-electron chi connectivity index (χ3n) is 11.1. The standard InChI is InChI=1S/C63H100O6/c1-4-7-10-13-16-19-22-25-28-30-31-33-36-38-41-44-47-50-53-56-62(65)68-59-60(69-63(66)57-54-51-48-45-42-39-34-27-24-21-18-15-12-9-6-3)58-67-61(64)55-52-49-46-43-40-37-35-32-29-26-23-20-17-14-11-8-5-2/h7,9-10,12,16-21,25-29,31,33-34,38,41-42,45,60H,4-6,8,11,13-15,22-24,30,32,35-37,39-40,43-44,46-59H2,1-3H3/b10-7-,12-9-,19-16-,20-17-,21-18-,28-25-,29-26-,33-31-,34-27-,41-38-,45-42-/t60-/m0/s1. The lowest BCUT2D eigenvalue weighted by Gasteiger charge is -2.18. The fourth-order valence-corrected chi connectivity index (χ4v) is 7.02. The predicted octanol–water partition coefficient (Wildman–Crippen LogP) is 18.6. The lowest BCUT2D eigenvalue weighted by atomic mass is 10.1. The number of allylic oxidation sites excluding steroid dienone is 22. The van der Waals surface area contributed by atoms with E-state index in [2.05, 4.69) is 154 Å². The number of hydrogen-bond donors (Lipinski definition) is 0. The normalized spacial score (nSPS) is 13.1. The zero-order chi connectivity index (χ0) is 50.0. The molecule has 0 aromatic rings. The van der Waals surface area contributed by atoms with Crippen LogP contribution >= 0.6 is 0 Å². The maximum absolute atomic E-state index is 12.8. The SMILES string of the molecule is CC/C=C\C/C=C\C/C=C\C/C=C\C/C=C\CCCCCC(=O)OC[C@H](COC(=O)CCCCCCCCC/C=C\C/C=C\CCCCC)OC(=O)CCCC/C=C\C/C=C\C/C=C\C/C=C\CC. The molecule has 0 aliphatic rings. The van der Waals surface area contributed by atoms with Crippen molar-refractivity contribution in [1.82, 2.24) is 0 Å². The summed E-state index contributed by atoms with van der Waals surface area (Å²) in [6.45, 7) is 6.30. The molecule has 0 radical (unpaired) electrons. The van der Waals surface area contributed by atoms with Gasteiger partial charge in [0.25, 0.3) is 0 Å². The molecule has 0 aromatic heterocycles. The van der Waals surface area contributed by atoms with Gasteiger partial charge in [-0.1, -0.05) is 206 Å². The third-order valence-corrected chi connectivity index (χ3v) is 11.1. The molecule has 388 valence electrons. The van der Waals surface area contributed by atoms with Crippen LogP contribution in [0.2, 0.25) is 0 Å². The van der Waals surface area contributed by atoms with Gasteiger partial charge >= 0.3 is 17.9 Å². The maximum Gasteiger partial charge on any atom is 0.306 e. The summed E-state index contributed by atoms with van der Waals surface area (Å²) in [6.07, 6.45) is 78.6. The second-order valence-electron chi connectivity index (χ2n) is 17.7.